The maximum Gasteiger partial charge on any atom is 0.122 e. The first-order valence-electron chi connectivity index (χ1n) is 6.29. The highest BCUT2D eigenvalue weighted by Crippen LogP contribution is 2.35. The SMILES string of the molecule is CCc1cc(CC(C)O)c(O)c(C(C)(C)C)c1. The molecule has 0 radical (unpaired) electrons. The third kappa shape index (κ3) is 3.47. The summed E-state index contributed by atoms with van der Waals surface area (Å²) in [6, 6.07) is 4.07. The summed E-state index contributed by atoms with van der Waals surface area (Å²) in [6.45, 7) is 10.1. The van der Waals surface area contributed by atoms with Gasteiger partial charge in [-0.2, -0.15) is 0 Å². The van der Waals surface area contributed by atoms with Crippen LogP contribution >= 0.6 is 0 Å². The van der Waals surface area contributed by atoms with Crippen molar-refractivity contribution in [1.82, 2.24) is 0 Å². The summed E-state index contributed by atoms with van der Waals surface area (Å²) in [6.07, 6.45) is 1.01. The number of rotatable bonds is 3. The zero-order chi connectivity index (χ0) is 13.2. The summed E-state index contributed by atoms with van der Waals surface area (Å²) in [5.41, 5.74) is 2.95. The van der Waals surface area contributed by atoms with Gasteiger partial charge in [-0.3, -0.25) is 0 Å². The van der Waals surface area contributed by atoms with Crippen molar-refractivity contribution >= 4 is 0 Å². The first-order chi connectivity index (χ1) is 7.75. The van der Waals surface area contributed by atoms with Crippen LogP contribution in [0.15, 0.2) is 12.1 Å². The molecule has 0 fully saturated rings. The van der Waals surface area contributed by atoms with Gasteiger partial charge in [0, 0.05) is 6.42 Å². The number of benzene rings is 1. The summed E-state index contributed by atoms with van der Waals surface area (Å²) in [5, 5.41) is 19.8. The molecule has 0 spiro atoms. The van der Waals surface area contributed by atoms with Crippen molar-refractivity contribution in [2.45, 2.75) is 59.0 Å². The van der Waals surface area contributed by atoms with Crippen molar-refractivity contribution in [3.63, 3.8) is 0 Å². The lowest BCUT2D eigenvalue weighted by atomic mass is 9.83. The molecule has 0 heterocycles. The molecule has 17 heavy (non-hydrogen) atoms. The monoisotopic (exact) mass is 236 g/mol. The van der Waals surface area contributed by atoms with Crippen LogP contribution in [0.5, 0.6) is 5.75 Å². The summed E-state index contributed by atoms with van der Waals surface area (Å²) in [5.74, 6) is 0.343. The van der Waals surface area contributed by atoms with Crippen molar-refractivity contribution in [3.05, 3.63) is 28.8 Å². The van der Waals surface area contributed by atoms with Gasteiger partial charge in [-0.15, -0.1) is 0 Å². The van der Waals surface area contributed by atoms with Crippen molar-refractivity contribution < 1.29 is 10.2 Å². The maximum absolute atomic E-state index is 10.3. The molecular weight excluding hydrogens is 212 g/mol. The van der Waals surface area contributed by atoms with E-state index in [1.165, 1.54) is 5.56 Å². The van der Waals surface area contributed by atoms with Gasteiger partial charge in [0.05, 0.1) is 6.10 Å². The topological polar surface area (TPSA) is 40.5 Å². The highest BCUT2D eigenvalue weighted by Gasteiger charge is 2.21. The predicted molar refractivity (Wildman–Crippen MR) is 71.6 cm³/mol. The molecule has 0 aliphatic carbocycles. The molecule has 0 amide bonds. The summed E-state index contributed by atoms with van der Waals surface area (Å²) >= 11 is 0. The third-order valence-electron chi connectivity index (χ3n) is 2.98. The van der Waals surface area contributed by atoms with E-state index in [1.54, 1.807) is 6.92 Å². The van der Waals surface area contributed by atoms with E-state index >= 15 is 0 Å². The van der Waals surface area contributed by atoms with E-state index in [9.17, 15) is 10.2 Å². The van der Waals surface area contributed by atoms with Crippen molar-refractivity contribution in [3.8, 4) is 5.75 Å². The van der Waals surface area contributed by atoms with E-state index in [-0.39, 0.29) is 5.41 Å². The minimum absolute atomic E-state index is 0.0806. The molecule has 2 heteroatoms. The van der Waals surface area contributed by atoms with Crippen LogP contribution in [0.4, 0.5) is 0 Å². The van der Waals surface area contributed by atoms with Gasteiger partial charge < -0.3 is 10.2 Å². The normalized spacial score (nSPS) is 13.8. The van der Waals surface area contributed by atoms with E-state index in [1.807, 2.05) is 6.07 Å². The predicted octanol–water partition coefficient (Wildman–Crippen LogP) is 3.18. The number of aliphatic hydroxyl groups is 1. The Balaban J connectivity index is 3.31. The van der Waals surface area contributed by atoms with Gasteiger partial charge in [0.2, 0.25) is 0 Å². The zero-order valence-corrected chi connectivity index (χ0v) is 11.5. The number of phenols is 1. The van der Waals surface area contributed by atoms with Crippen LogP contribution in [0, 0.1) is 0 Å². The maximum atomic E-state index is 10.3. The fourth-order valence-corrected chi connectivity index (χ4v) is 2.01. The molecule has 0 aliphatic rings. The molecule has 2 nitrogen and oxygen atoms in total. The minimum Gasteiger partial charge on any atom is -0.507 e. The first-order valence-corrected chi connectivity index (χ1v) is 6.29. The largest absolute Gasteiger partial charge is 0.507 e. The second-order valence-corrected chi connectivity index (χ2v) is 5.81. The van der Waals surface area contributed by atoms with E-state index < -0.39 is 6.10 Å². The smallest absolute Gasteiger partial charge is 0.122 e. The Labute approximate surface area is 104 Å². The summed E-state index contributed by atoms with van der Waals surface area (Å²) in [4.78, 5) is 0. The summed E-state index contributed by atoms with van der Waals surface area (Å²) < 4.78 is 0. The Kier molecular flexibility index (Phi) is 4.21. The van der Waals surface area contributed by atoms with E-state index in [0.717, 1.165) is 17.5 Å². The van der Waals surface area contributed by atoms with Crippen LogP contribution in [0.3, 0.4) is 0 Å². The average molecular weight is 236 g/mol. The van der Waals surface area contributed by atoms with Crippen LogP contribution < -0.4 is 0 Å². The third-order valence-corrected chi connectivity index (χ3v) is 2.98. The molecule has 96 valence electrons. The van der Waals surface area contributed by atoms with Gasteiger partial charge in [0.15, 0.2) is 0 Å². The van der Waals surface area contributed by atoms with Gasteiger partial charge in [-0.1, -0.05) is 39.8 Å². The summed E-state index contributed by atoms with van der Waals surface area (Å²) in [7, 11) is 0. The molecule has 1 aromatic rings. The molecule has 0 aliphatic heterocycles. The lowest BCUT2D eigenvalue weighted by molar-refractivity contribution is 0.194. The van der Waals surface area contributed by atoms with Crippen LogP contribution in [-0.2, 0) is 18.3 Å². The molecule has 0 saturated carbocycles. The lowest BCUT2D eigenvalue weighted by Crippen LogP contribution is -2.14. The van der Waals surface area contributed by atoms with E-state index in [4.69, 9.17) is 0 Å². The quantitative estimate of drug-likeness (QED) is 0.846. The Morgan fingerprint density at radius 3 is 2.24 bits per heavy atom. The highest BCUT2D eigenvalue weighted by atomic mass is 16.3. The molecular formula is C15H24O2. The molecule has 0 saturated heterocycles. The highest BCUT2D eigenvalue weighted by molar-refractivity contribution is 5.47. The van der Waals surface area contributed by atoms with Gasteiger partial charge in [0.1, 0.15) is 5.75 Å². The van der Waals surface area contributed by atoms with E-state index in [0.29, 0.717) is 12.2 Å². The van der Waals surface area contributed by atoms with Gasteiger partial charge in [0.25, 0.3) is 0 Å². The number of phenolic OH excluding ortho intramolecular Hbond substituents is 1. The molecule has 2 N–H and O–H groups in total. The molecule has 0 aromatic heterocycles. The van der Waals surface area contributed by atoms with Crippen molar-refractivity contribution in [2.75, 3.05) is 0 Å². The molecule has 0 bridgehead atoms. The Hall–Kier alpha value is -1.02. The zero-order valence-electron chi connectivity index (χ0n) is 11.5. The number of aromatic hydroxyl groups is 1. The van der Waals surface area contributed by atoms with Crippen molar-refractivity contribution in [1.29, 1.82) is 0 Å². The standard InChI is InChI=1S/C15H24O2/c1-6-11-8-12(7-10(2)16)14(17)13(9-11)15(3,4)5/h8-10,16-17H,6-7H2,1-5H3. The molecule has 1 unspecified atom stereocenters. The van der Waals surface area contributed by atoms with Crippen LogP contribution in [0.2, 0.25) is 0 Å². The number of hydrogen-bond donors (Lipinski definition) is 2. The molecule has 1 rings (SSSR count). The second kappa shape index (κ2) is 5.09. The molecule has 1 aromatic carbocycles. The lowest BCUT2D eigenvalue weighted by Gasteiger charge is -2.23. The Bertz CT molecular complexity index is 387. The molecule has 1 atom stereocenters. The Morgan fingerprint density at radius 2 is 1.82 bits per heavy atom. The second-order valence-electron chi connectivity index (χ2n) is 5.81. The van der Waals surface area contributed by atoms with Gasteiger partial charge >= 0.3 is 0 Å². The van der Waals surface area contributed by atoms with Crippen LogP contribution in [-0.4, -0.2) is 16.3 Å². The Morgan fingerprint density at radius 1 is 1.24 bits per heavy atom. The number of hydrogen-bond acceptors (Lipinski definition) is 2. The van der Waals surface area contributed by atoms with E-state index in [2.05, 4.69) is 33.8 Å². The fraction of sp³-hybridized carbons (Fsp3) is 0.600. The first kappa shape index (κ1) is 14.0. The fourth-order valence-electron chi connectivity index (χ4n) is 2.01. The van der Waals surface area contributed by atoms with Crippen molar-refractivity contribution in [2.24, 2.45) is 0 Å². The minimum atomic E-state index is -0.430. The number of aryl methyl sites for hydroxylation is 1. The number of aliphatic hydroxyl groups excluding tert-OH is 1. The van der Waals surface area contributed by atoms with Gasteiger partial charge in [-0.05, 0) is 35.4 Å². The van der Waals surface area contributed by atoms with Crippen LogP contribution in [0.25, 0.3) is 0 Å². The van der Waals surface area contributed by atoms with Gasteiger partial charge in [-0.25, -0.2) is 0 Å². The van der Waals surface area contributed by atoms with Crippen LogP contribution in [0.1, 0.15) is 51.3 Å². The average Bonchev–Trinajstić information content (AvgIpc) is 2.18.